The van der Waals surface area contributed by atoms with E-state index in [0.717, 1.165) is 43.1 Å². The SMILES string of the molecule is CCC(NC(=O)c1cccc(NC(=O)CC2SC(N3CCCCC3)=NC2=O)c1)c1ccc(C)cc1. The van der Waals surface area contributed by atoms with Gasteiger partial charge in [0, 0.05) is 30.8 Å². The number of rotatable bonds is 7. The highest BCUT2D eigenvalue weighted by molar-refractivity contribution is 8.15. The summed E-state index contributed by atoms with van der Waals surface area (Å²) in [7, 11) is 0. The largest absolute Gasteiger partial charge is 0.351 e. The fraction of sp³-hybridized carbons (Fsp3) is 0.407. The zero-order chi connectivity index (χ0) is 24.8. The molecule has 0 bridgehead atoms. The van der Waals surface area contributed by atoms with Gasteiger partial charge in [0.05, 0.1) is 6.04 Å². The van der Waals surface area contributed by atoms with Crippen LogP contribution in [0.3, 0.4) is 0 Å². The van der Waals surface area contributed by atoms with E-state index in [0.29, 0.717) is 11.3 Å². The van der Waals surface area contributed by atoms with Crippen LogP contribution in [0.5, 0.6) is 0 Å². The van der Waals surface area contributed by atoms with E-state index in [1.807, 2.05) is 38.1 Å². The van der Waals surface area contributed by atoms with Crippen LogP contribution in [0.15, 0.2) is 53.5 Å². The molecule has 2 aromatic carbocycles. The lowest BCUT2D eigenvalue weighted by atomic mass is 10.0. The molecule has 2 aliphatic rings. The van der Waals surface area contributed by atoms with Crippen LogP contribution in [0.1, 0.15) is 66.6 Å². The number of nitrogens with zero attached hydrogens (tertiary/aromatic N) is 2. The molecule has 4 rings (SSSR count). The standard InChI is InChI=1S/C27H32N4O3S/c1-3-22(19-12-10-18(2)11-13-19)29-25(33)20-8-7-9-21(16-20)28-24(32)17-23-26(34)30-27(35-23)31-14-5-4-6-15-31/h7-13,16,22-23H,3-6,14-15,17H2,1-2H3,(H,28,32)(H,29,33). The Balaban J connectivity index is 1.33. The summed E-state index contributed by atoms with van der Waals surface area (Å²) in [4.78, 5) is 44.3. The number of amidine groups is 1. The number of carbonyl (C=O) groups is 3. The van der Waals surface area contributed by atoms with Gasteiger partial charge in [-0.05, 0) is 56.4 Å². The molecule has 2 heterocycles. The molecule has 8 heteroatoms. The first-order valence-electron chi connectivity index (χ1n) is 12.2. The van der Waals surface area contributed by atoms with E-state index in [1.54, 1.807) is 24.3 Å². The van der Waals surface area contributed by atoms with Crippen LogP contribution >= 0.6 is 11.8 Å². The highest BCUT2D eigenvalue weighted by Crippen LogP contribution is 2.29. The van der Waals surface area contributed by atoms with E-state index < -0.39 is 5.25 Å². The molecule has 7 nitrogen and oxygen atoms in total. The molecule has 0 radical (unpaired) electrons. The summed E-state index contributed by atoms with van der Waals surface area (Å²) in [5.74, 6) is -0.718. The van der Waals surface area contributed by atoms with E-state index in [9.17, 15) is 14.4 Å². The number of nitrogens with one attached hydrogen (secondary N) is 2. The Morgan fingerprint density at radius 1 is 1.11 bits per heavy atom. The van der Waals surface area contributed by atoms with E-state index in [1.165, 1.54) is 23.7 Å². The molecule has 2 aromatic rings. The number of likely N-dealkylation sites (tertiary alicyclic amines) is 1. The van der Waals surface area contributed by atoms with Crippen LogP contribution in [0.2, 0.25) is 0 Å². The summed E-state index contributed by atoms with van der Waals surface area (Å²) in [6, 6.07) is 14.9. The Labute approximate surface area is 210 Å². The Kier molecular flexibility index (Phi) is 8.23. The van der Waals surface area contributed by atoms with Gasteiger partial charge in [0.25, 0.3) is 11.8 Å². The van der Waals surface area contributed by atoms with Gasteiger partial charge < -0.3 is 15.5 Å². The second-order valence-corrected chi connectivity index (χ2v) is 10.2. The maximum absolute atomic E-state index is 12.9. The van der Waals surface area contributed by atoms with Crippen molar-refractivity contribution >= 4 is 40.3 Å². The molecule has 0 spiro atoms. The predicted molar refractivity (Wildman–Crippen MR) is 141 cm³/mol. The third-order valence-electron chi connectivity index (χ3n) is 6.33. The number of aliphatic imine (C=N–C) groups is 1. The summed E-state index contributed by atoms with van der Waals surface area (Å²) in [5.41, 5.74) is 3.22. The molecule has 35 heavy (non-hydrogen) atoms. The van der Waals surface area contributed by atoms with Crippen LogP contribution < -0.4 is 10.6 Å². The molecule has 2 unspecified atom stereocenters. The van der Waals surface area contributed by atoms with Gasteiger partial charge in [-0.15, -0.1) is 0 Å². The number of hydrogen-bond donors (Lipinski definition) is 2. The molecular formula is C27H32N4O3S. The van der Waals surface area contributed by atoms with Crippen molar-refractivity contribution in [1.29, 1.82) is 0 Å². The van der Waals surface area contributed by atoms with Crippen LogP contribution in [-0.4, -0.2) is 46.1 Å². The molecule has 1 saturated heterocycles. The number of aryl methyl sites for hydroxylation is 1. The van der Waals surface area contributed by atoms with Gasteiger partial charge in [-0.2, -0.15) is 4.99 Å². The van der Waals surface area contributed by atoms with Gasteiger partial charge in [0.2, 0.25) is 5.91 Å². The highest BCUT2D eigenvalue weighted by Gasteiger charge is 2.33. The number of anilines is 1. The number of amides is 3. The van der Waals surface area contributed by atoms with Crippen molar-refractivity contribution in [3.05, 3.63) is 65.2 Å². The summed E-state index contributed by atoms with van der Waals surface area (Å²) in [6.45, 7) is 5.89. The maximum atomic E-state index is 12.9. The zero-order valence-electron chi connectivity index (χ0n) is 20.3. The van der Waals surface area contributed by atoms with E-state index >= 15 is 0 Å². The minimum atomic E-state index is -0.502. The van der Waals surface area contributed by atoms with Crippen LogP contribution in [-0.2, 0) is 9.59 Å². The molecule has 0 saturated carbocycles. The van der Waals surface area contributed by atoms with Crippen molar-refractivity contribution in [2.45, 2.75) is 57.2 Å². The zero-order valence-corrected chi connectivity index (χ0v) is 21.1. The van der Waals surface area contributed by atoms with E-state index in [-0.39, 0.29) is 30.2 Å². The fourth-order valence-electron chi connectivity index (χ4n) is 4.31. The lowest BCUT2D eigenvalue weighted by Gasteiger charge is -2.27. The minimum Gasteiger partial charge on any atom is -0.351 e. The van der Waals surface area contributed by atoms with Crippen molar-refractivity contribution in [3.63, 3.8) is 0 Å². The smallest absolute Gasteiger partial charge is 0.262 e. The number of thioether (sulfide) groups is 1. The predicted octanol–water partition coefficient (Wildman–Crippen LogP) is 4.69. The number of carbonyl (C=O) groups excluding carboxylic acids is 3. The first kappa shape index (κ1) is 25.0. The monoisotopic (exact) mass is 492 g/mol. The molecule has 0 aromatic heterocycles. The summed E-state index contributed by atoms with van der Waals surface area (Å²) >= 11 is 1.38. The normalized spacial score (nSPS) is 18.7. The van der Waals surface area contributed by atoms with Gasteiger partial charge in [0.1, 0.15) is 5.25 Å². The Hall–Kier alpha value is -3.13. The van der Waals surface area contributed by atoms with Crippen LogP contribution in [0.25, 0.3) is 0 Å². The number of hydrogen-bond acceptors (Lipinski definition) is 5. The van der Waals surface area contributed by atoms with Gasteiger partial charge in [-0.25, -0.2) is 0 Å². The van der Waals surface area contributed by atoms with E-state index in [2.05, 4.69) is 20.5 Å². The van der Waals surface area contributed by atoms with Crippen LogP contribution in [0.4, 0.5) is 5.69 Å². The maximum Gasteiger partial charge on any atom is 0.262 e. The topological polar surface area (TPSA) is 90.9 Å². The quantitative estimate of drug-likeness (QED) is 0.585. The third kappa shape index (κ3) is 6.51. The first-order valence-corrected chi connectivity index (χ1v) is 13.1. The summed E-state index contributed by atoms with van der Waals surface area (Å²) in [5, 5.41) is 6.15. The van der Waals surface area contributed by atoms with E-state index in [4.69, 9.17) is 0 Å². The van der Waals surface area contributed by atoms with Gasteiger partial charge in [-0.3, -0.25) is 14.4 Å². The average Bonchev–Trinajstić information content (AvgIpc) is 3.23. The van der Waals surface area contributed by atoms with Crippen molar-refractivity contribution in [2.75, 3.05) is 18.4 Å². The molecule has 2 aliphatic heterocycles. The number of piperidine rings is 1. The first-order chi connectivity index (χ1) is 16.9. The van der Waals surface area contributed by atoms with Crippen molar-refractivity contribution in [2.24, 2.45) is 4.99 Å². The van der Waals surface area contributed by atoms with Gasteiger partial charge >= 0.3 is 0 Å². The highest BCUT2D eigenvalue weighted by atomic mass is 32.2. The lowest BCUT2D eigenvalue weighted by Crippen LogP contribution is -2.33. The Bertz CT molecular complexity index is 1110. The molecule has 3 amide bonds. The van der Waals surface area contributed by atoms with Crippen molar-refractivity contribution in [1.82, 2.24) is 10.2 Å². The molecule has 0 aliphatic carbocycles. The van der Waals surface area contributed by atoms with Crippen molar-refractivity contribution in [3.8, 4) is 0 Å². The Morgan fingerprint density at radius 2 is 1.86 bits per heavy atom. The molecule has 2 N–H and O–H groups in total. The molecular weight excluding hydrogens is 460 g/mol. The minimum absolute atomic E-state index is 0.0477. The lowest BCUT2D eigenvalue weighted by molar-refractivity contribution is -0.121. The van der Waals surface area contributed by atoms with Gasteiger partial charge in [-0.1, -0.05) is 54.6 Å². The summed E-state index contributed by atoms with van der Waals surface area (Å²) < 4.78 is 0. The molecule has 2 atom stereocenters. The number of benzene rings is 2. The fourth-order valence-corrected chi connectivity index (χ4v) is 5.43. The molecule has 1 fully saturated rings. The second-order valence-electron chi connectivity index (χ2n) is 9.06. The second kappa shape index (κ2) is 11.5. The summed E-state index contributed by atoms with van der Waals surface area (Å²) in [6.07, 6.45) is 4.22. The average molecular weight is 493 g/mol. The van der Waals surface area contributed by atoms with Gasteiger partial charge in [0.15, 0.2) is 5.17 Å². The van der Waals surface area contributed by atoms with Crippen LogP contribution in [0, 0.1) is 6.92 Å². The Morgan fingerprint density at radius 3 is 2.57 bits per heavy atom. The molecule has 184 valence electrons. The third-order valence-corrected chi connectivity index (χ3v) is 7.54. The van der Waals surface area contributed by atoms with Crippen molar-refractivity contribution < 1.29 is 14.4 Å².